The zero-order valence-electron chi connectivity index (χ0n) is 6.25. The molecule has 1 radical (unpaired) electrons. The molecule has 1 fully saturated rings. The van der Waals surface area contributed by atoms with Crippen LogP contribution in [0.2, 0.25) is 0 Å². The van der Waals surface area contributed by atoms with Crippen LogP contribution in [0.25, 0.3) is 0 Å². The van der Waals surface area contributed by atoms with Crippen LogP contribution in [0.4, 0.5) is 0 Å². The van der Waals surface area contributed by atoms with Crippen LogP contribution in [0.5, 0.6) is 0 Å². The van der Waals surface area contributed by atoms with E-state index in [-0.39, 0.29) is 32.7 Å². The summed E-state index contributed by atoms with van der Waals surface area (Å²) >= 11 is 0. The monoisotopic (exact) mass is 219 g/mol. The molecule has 57 valence electrons. The first kappa shape index (κ1) is 11.0. The van der Waals surface area contributed by atoms with Gasteiger partial charge in [-0.1, -0.05) is 0 Å². The summed E-state index contributed by atoms with van der Waals surface area (Å²) in [6, 6.07) is 0. The largest absolute Gasteiger partial charge is 0.396 e. The summed E-state index contributed by atoms with van der Waals surface area (Å²) in [7, 11) is 0. The maximum absolute atomic E-state index is 8.58. The Morgan fingerprint density at radius 1 is 1.30 bits per heavy atom. The van der Waals surface area contributed by atoms with Gasteiger partial charge in [0.05, 0.1) is 0 Å². The van der Waals surface area contributed by atoms with E-state index in [1.165, 1.54) is 0 Å². The molecule has 0 unspecified atom stereocenters. The predicted molar refractivity (Wildman–Crippen MR) is 35.2 cm³/mol. The Balaban J connectivity index is 0.000000810. The molecule has 1 rings (SSSR count). The average molecular weight is 219 g/mol. The van der Waals surface area contributed by atoms with Crippen molar-refractivity contribution in [2.45, 2.75) is 19.3 Å². The Morgan fingerprint density at radius 3 is 2.40 bits per heavy atom. The number of rotatable bonds is 2. The molecule has 1 N–H and O–H groups in total. The van der Waals surface area contributed by atoms with E-state index >= 15 is 0 Å². The molecule has 0 aromatic rings. The van der Waals surface area contributed by atoms with Crippen LogP contribution in [0.3, 0.4) is 0 Å². The summed E-state index contributed by atoms with van der Waals surface area (Å²) in [6.45, 7) is 2.12. The number of ether oxygens (including phenoxy) is 1. The maximum atomic E-state index is 8.58. The molecule has 3 heteroatoms. The molecular weight excluding hydrogens is 205 g/mol. The molecular formula is C7H14O2Y. The van der Waals surface area contributed by atoms with Crippen LogP contribution in [-0.2, 0) is 37.4 Å². The molecule has 0 saturated carbocycles. The third kappa shape index (κ3) is 4.02. The zero-order valence-corrected chi connectivity index (χ0v) is 9.09. The van der Waals surface area contributed by atoms with Crippen molar-refractivity contribution < 1.29 is 42.6 Å². The Labute approximate surface area is 87.2 Å². The number of hydrogen-bond acceptors (Lipinski definition) is 2. The molecule has 10 heavy (non-hydrogen) atoms. The van der Waals surface area contributed by atoms with E-state index in [4.69, 9.17) is 9.84 Å². The molecule has 0 aliphatic carbocycles. The minimum atomic E-state index is 0. The minimum absolute atomic E-state index is 0. The smallest absolute Gasteiger partial charge is 0.0468 e. The minimum Gasteiger partial charge on any atom is -0.396 e. The third-order valence-electron chi connectivity index (χ3n) is 1.88. The van der Waals surface area contributed by atoms with Gasteiger partial charge in [-0.25, -0.2) is 0 Å². The van der Waals surface area contributed by atoms with Crippen molar-refractivity contribution >= 4 is 0 Å². The molecule has 0 aromatic carbocycles. The molecule has 0 bridgehead atoms. The topological polar surface area (TPSA) is 29.5 Å². The molecule has 0 spiro atoms. The van der Waals surface area contributed by atoms with Gasteiger partial charge in [0.25, 0.3) is 0 Å². The van der Waals surface area contributed by atoms with Gasteiger partial charge < -0.3 is 9.84 Å². The van der Waals surface area contributed by atoms with E-state index in [1.54, 1.807) is 0 Å². The Morgan fingerprint density at radius 2 is 1.90 bits per heavy atom. The first-order valence-corrected chi connectivity index (χ1v) is 3.62. The van der Waals surface area contributed by atoms with Crippen molar-refractivity contribution in [3.8, 4) is 0 Å². The van der Waals surface area contributed by atoms with Crippen molar-refractivity contribution in [1.82, 2.24) is 0 Å². The van der Waals surface area contributed by atoms with Crippen molar-refractivity contribution in [1.29, 1.82) is 0 Å². The molecule has 1 aliphatic heterocycles. The van der Waals surface area contributed by atoms with Gasteiger partial charge in [0.2, 0.25) is 0 Å². The van der Waals surface area contributed by atoms with Crippen LogP contribution in [0, 0.1) is 5.92 Å². The second-order valence-corrected chi connectivity index (χ2v) is 2.57. The SMILES string of the molecule is OCCC1CCOCC1.[Y]. The van der Waals surface area contributed by atoms with E-state index in [0.29, 0.717) is 6.61 Å². The van der Waals surface area contributed by atoms with Crippen LogP contribution in [-0.4, -0.2) is 24.9 Å². The van der Waals surface area contributed by atoms with Gasteiger partial charge in [-0.3, -0.25) is 0 Å². The molecule has 0 amide bonds. The number of hydrogen-bond donors (Lipinski definition) is 1. The fraction of sp³-hybridized carbons (Fsp3) is 1.00. The summed E-state index contributed by atoms with van der Waals surface area (Å²) in [4.78, 5) is 0. The zero-order chi connectivity index (χ0) is 6.53. The molecule has 1 heterocycles. The Bertz CT molecular complexity index is 69.3. The van der Waals surface area contributed by atoms with Crippen LogP contribution < -0.4 is 0 Å². The van der Waals surface area contributed by atoms with Gasteiger partial charge in [-0.2, -0.15) is 0 Å². The first-order valence-electron chi connectivity index (χ1n) is 3.62. The van der Waals surface area contributed by atoms with E-state index in [9.17, 15) is 0 Å². The molecule has 0 aromatic heterocycles. The Kier molecular flexibility index (Phi) is 7.40. The Hall–Kier alpha value is 1.02. The van der Waals surface area contributed by atoms with Gasteiger partial charge in [0.1, 0.15) is 0 Å². The van der Waals surface area contributed by atoms with E-state index in [1.807, 2.05) is 0 Å². The van der Waals surface area contributed by atoms with Crippen LogP contribution in [0.1, 0.15) is 19.3 Å². The number of aliphatic hydroxyl groups excluding tert-OH is 1. The van der Waals surface area contributed by atoms with Gasteiger partial charge in [-0.05, 0) is 25.2 Å². The van der Waals surface area contributed by atoms with E-state index in [0.717, 1.165) is 38.4 Å². The maximum Gasteiger partial charge on any atom is 0.0468 e. The quantitative estimate of drug-likeness (QED) is 0.744. The molecule has 1 aliphatic rings. The summed E-state index contributed by atoms with van der Waals surface area (Å²) in [5, 5.41) is 8.58. The molecule has 0 atom stereocenters. The van der Waals surface area contributed by atoms with Crippen LogP contribution >= 0.6 is 0 Å². The van der Waals surface area contributed by atoms with E-state index in [2.05, 4.69) is 0 Å². The second-order valence-electron chi connectivity index (χ2n) is 2.57. The van der Waals surface area contributed by atoms with Crippen molar-refractivity contribution in [2.24, 2.45) is 5.92 Å². The predicted octanol–water partition coefficient (Wildman–Crippen LogP) is 0.793. The van der Waals surface area contributed by atoms with Crippen molar-refractivity contribution in [2.75, 3.05) is 19.8 Å². The van der Waals surface area contributed by atoms with Crippen LogP contribution in [0.15, 0.2) is 0 Å². The third-order valence-corrected chi connectivity index (χ3v) is 1.88. The summed E-state index contributed by atoms with van der Waals surface area (Å²) in [5.74, 6) is 0.726. The van der Waals surface area contributed by atoms with E-state index < -0.39 is 0 Å². The normalized spacial score (nSPS) is 20.1. The number of aliphatic hydroxyl groups is 1. The molecule has 1 saturated heterocycles. The first-order chi connectivity index (χ1) is 4.43. The van der Waals surface area contributed by atoms with Gasteiger partial charge in [0.15, 0.2) is 0 Å². The summed E-state index contributed by atoms with van der Waals surface area (Å²) < 4.78 is 5.16. The van der Waals surface area contributed by atoms with Gasteiger partial charge in [0, 0.05) is 52.5 Å². The standard InChI is InChI=1S/C7H14O2.Y/c8-4-1-7-2-5-9-6-3-7;/h7-8H,1-6H2;. The van der Waals surface area contributed by atoms with Crippen molar-refractivity contribution in [3.63, 3.8) is 0 Å². The fourth-order valence-corrected chi connectivity index (χ4v) is 1.22. The van der Waals surface area contributed by atoms with Gasteiger partial charge >= 0.3 is 0 Å². The fourth-order valence-electron chi connectivity index (χ4n) is 1.22. The average Bonchev–Trinajstić information content (AvgIpc) is 1.91. The second kappa shape index (κ2) is 6.72. The summed E-state index contributed by atoms with van der Waals surface area (Å²) in [5.41, 5.74) is 0. The van der Waals surface area contributed by atoms with Gasteiger partial charge in [-0.15, -0.1) is 0 Å². The summed E-state index contributed by atoms with van der Waals surface area (Å²) in [6.07, 6.45) is 3.24. The molecule has 2 nitrogen and oxygen atoms in total. The van der Waals surface area contributed by atoms with Crippen molar-refractivity contribution in [3.05, 3.63) is 0 Å².